The van der Waals surface area contributed by atoms with E-state index in [1.165, 1.54) is 0 Å². The molecule has 0 spiro atoms. The number of nitrogens with zero attached hydrogens (tertiary/aromatic N) is 2. The van der Waals surface area contributed by atoms with Gasteiger partial charge in [-0.1, -0.05) is 0 Å². The Kier molecular flexibility index (Phi) is 2.33. The van der Waals surface area contributed by atoms with E-state index in [1.807, 2.05) is 7.05 Å². The van der Waals surface area contributed by atoms with E-state index in [9.17, 15) is 0 Å². The number of aliphatic hydroxyl groups is 1. The van der Waals surface area contributed by atoms with Crippen molar-refractivity contribution in [1.29, 1.82) is 0 Å². The molecule has 0 radical (unpaired) electrons. The molecule has 0 amide bonds. The molecule has 0 aromatic carbocycles. The Morgan fingerprint density at radius 1 is 1.77 bits per heavy atom. The number of hydrogen-bond acceptors (Lipinski definition) is 4. The van der Waals surface area contributed by atoms with Crippen LogP contribution in [0.15, 0.2) is 16.9 Å². The molecule has 2 unspecified atom stereocenters. The van der Waals surface area contributed by atoms with E-state index < -0.39 is 0 Å². The summed E-state index contributed by atoms with van der Waals surface area (Å²) >= 11 is 0. The predicted molar refractivity (Wildman–Crippen MR) is 47.4 cm³/mol. The summed E-state index contributed by atoms with van der Waals surface area (Å²) in [6.45, 7) is 1.14. The maximum atomic E-state index is 9.06. The number of oxazole rings is 1. The van der Waals surface area contributed by atoms with Gasteiger partial charge in [-0.2, -0.15) is 0 Å². The van der Waals surface area contributed by atoms with E-state index in [4.69, 9.17) is 9.52 Å². The van der Waals surface area contributed by atoms with Crippen LogP contribution < -0.4 is 0 Å². The van der Waals surface area contributed by atoms with Gasteiger partial charge in [0, 0.05) is 18.5 Å². The molecule has 1 fully saturated rings. The standard InChI is InChI=1S/C9H14N2O2/c1-11-5-7(4-8(11)6-12)9-10-2-3-13-9/h2-3,7-8,12H,4-6H2,1H3. The van der Waals surface area contributed by atoms with Crippen LogP contribution in [0.4, 0.5) is 0 Å². The number of likely N-dealkylation sites (tertiary alicyclic amines) is 1. The predicted octanol–water partition coefficient (Wildman–Crippen LogP) is 0.455. The van der Waals surface area contributed by atoms with Gasteiger partial charge in [0.25, 0.3) is 0 Å². The summed E-state index contributed by atoms with van der Waals surface area (Å²) in [5.74, 6) is 1.14. The highest BCUT2D eigenvalue weighted by atomic mass is 16.3. The fourth-order valence-corrected chi connectivity index (χ4v) is 1.91. The van der Waals surface area contributed by atoms with Crippen molar-refractivity contribution in [3.63, 3.8) is 0 Å². The Morgan fingerprint density at radius 2 is 2.62 bits per heavy atom. The molecule has 2 atom stereocenters. The molecular weight excluding hydrogens is 168 g/mol. The van der Waals surface area contributed by atoms with Crippen molar-refractivity contribution in [2.75, 3.05) is 20.2 Å². The van der Waals surface area contributed by atoms with Gasteiger partial charge in [0.15, 0.2) is 5.89 Å². The number of aliphatic hydroxyl groups excluding tert-OH is 1. The lowest BCUT2D eigenvalue weighted by atomic mass is 10.1. The summed E-state index contributed by atoms with van der Waals surface area (Å²) in [7, 11) is 2.02. The molecular formula is C9H14N2O2. The smallest absolute Gasteiger partial charge is 0.198 e. The van der Waals surface area contributed by atoms with Crippen LogP contribution in [0.2, 0.25) is 0 Å². The first-order valence-corrected chi connectivity index (χ1v) is 4.51. The molecule has 1 aromatic heterocycles. The van der Waals surface area contributed by atoms with E-state index in [0.717, 1.165) is 18.9 Å². The van der Waals surface area contributed by atoms with Crippen LogP contribution in [0.3, 0.4) is 0 Å². The van der Waals surface area contributed by atoms with Gasteiger partial charge in [0.05, 0.1) is 12.8 Å². The molecule has 4 heteroatoms. The summed E-state index contributed by atoms with van der Waals surface area (Å²) in [6.07, 6.45) is 4.21. The molecule has 1 aliphatic rings. The van der Waals surface area contributed by atoms with Crippen LogP contribution in [0.5, 0.6) is 0 Å². The minimum atomic E-state index is 0.216. The maximum absolute atomic E-state index is 9.06. The SMILES string of the molecule is CN1CC(c2ncco2)CC1CO. The van der Waals surface area contributed by atoms with Crippen LogP contribution in [-0.2, 0) is 0 Å². The van der Waals surface area contributed by atoms with Crippen molar-refractivity contribution in [2.45, 2.75) is 18.4 Å². The zero-order chi connectivity index (χ0) is 9.26. The van der Waals surface area contributed by atoms with Gasteiger partial charge in [-0.05, 0) is 13.5 Å². The Hall–Kier alpha value is -0.870. The molecule has 0 bridgehead atoms. The number of likely N-dealkylation sites (N-methyl/N-ethyl adjacent to an activating group) is 1. The topological polar surface area (TPSA) is 49.5 Å². The zero-order valence-electron chi connectivity index (χ0n) is 7.68. The minimum absolute atomic E-state index is 0.216. The van der Waals surface area contributed by atoms with Crippen LogP contribution in [0.25, 0.3) is 0 Å². The Bertz CT molecular complexity index is 261. The van der Waals surface area contributed by atoms with Crippen molar-refractivity contribution in [3.8, 4) is 0 Å². The maximum Gasteiger partial charge on any atom is 0.198 e. The van der Waals surface area contributed by atoms with Crippen molar-refractivity contribution in [3.05, 3.63) is 18.4 Å². The summed E-state index contributed by atoms with van der Waals surface area (Å²) in [5.41, 5.74) is 0. The summed E-state index contributed by atoms with van der Waals surface area (Å²) < 4.78 is 5.24. The largest absolute Gasteiger partial charge is 0.449 e. The summed E-state index contributed by atoms with van der Waals surface area (Å²) in [5, 5.41) is 9.06. The third-order valence-corrected chi connectivity index (χ3v) is 2.70. The highest BCUT2D eigenvalue weighted by Gasteiger charge is 2.32. The van der Waals surface area contributed by atoms with Crippen molar-refractivity contribution < 1.29 is 9.52 Å². The van der Waals surface area contributed by atoms with Gasteiger partial charge < -0.3 is 14.4 Å². The highest BCUT2D eigenvalue weighted by molar-refractivity contribution is 5.00. The van der Waals surface area contributed by atoms with E-state index in [2.05, 4.69) is 9.88 Å². The fourth-order valence-electron chi connectivity index (χ4n) is 1.91. The third-order valence-electron chi connectivity index (χ3n) is 2.70. The van der Waals surface area contributed by atoms with Crippen molar-refractivity contribution in [2.24, 2.45) is 0 Å². The number of aromatic nitrogens is 1. The second kappa shape index (κ2) is 3.47. The van der Waals surface area contributed by atoms with Gasteiger partial charge in [0.2, 0.25) is 0 Å². The van der Waals surface area contributed by atoms with E-state index in [0.29, 0.717) is 5.92 Å². The lowest BCUT2D eigenvalue weighted by Gasteiger charge is -2.15. The van der Waals surface area contributed by atoms with Crippen molar-refractivity contribution >= 4 is 0 Å². The molecule has 0 aliphatic carbocycles. The lowest BCUT2D eigenvalue weighted by Crippen LogP contribution is -2.27. The highest BCUT2D eigenvalue weighted by Crippen LogP contribution is 2.29. The van der Waals surface area contributed by atoms with E-state index in [1.54, 1.807) is 12.5 Å². The lowest BCUT2D eigenvalue weighted by molar-refractivity contribution is 0.182. The van der Waals surface area contributed by atoms with Crippen LogP contribution in [0.1, 0.15) is 18.2 Å². The molecule has 2 heterocycles. The summed E-state index contributed by atoms with van der Waals surface area (Å²) in [4.78, 5) is 6.27. The van der Waals surface area contributed by atoms with Gasteiger partial charge >= 0.3 is 0 Å². The molecule has 1 saturated heterocycles. The number of rotatable bonds is 2. The second-order valence-electron chi connectivity index (χ2n) is 3.58. The Morgan fingerprint density at radius 3 is 3.15 bits per heavy atom. The van der Waals surface area contributed by atoms with Crippen LogP contribution >= 0.6 is 0 Å². The van der Waals surface area contributed by atoms with E-state index >= 15 is 0 Å². The fraction of sp³-hybridized carbons (Fsp3) is 0.667. The van der Waals surface area contributed by atoms with E-state index in [-0.39, 0.29) is 12.6 Å². The van der Waals surface area contributed by atoms with Crippen LogP contribution in [-0.4, -0.2) is 41.2 Å². The molecule has 13 heavy (non-hydrogen) atoms. The molecule has 2 rings (SSSR count). The van der Waals surface area contributed by atoms with Crippen molar-refractivity contribution in [1.82, 2.24) is 9.88 Å². The molecule has 0 saturated carbocycles. The molecule has 72 valence electrons. The quantitative estimate of drug-likeness (QED) is 0.721. The monoisotopic (exact) mass is 182 g/mol. The minimum Gasteiger partial charge on any atom is -0.449 e. The molecule has 1 N–H and O–H groups in total. The first-order chi connectivity index (χ1) is 6.31. The molecule has 1 aromatic rings. The van der Waals surface area contributed by atoms with Gasteiger partial charge in [-0.25, -0.2) is 4.98 Å². The van der Waals surface area contributed by atoms with Gasteiger partial charge in [-0.3, -0.25) is 0 Å². The first kappa shape index (κ1) is 8.72. The Balaban J connectivity index is 2.05. The number of hydrogen-bond donors (Lipinski definition) is 1. The van der Waals surface area contributed by atoms with Crippen LogP contribution in [0, 0.1) is 0 Å². The molecule has 1 aliphatic heterocycles. The Labute approximate surface area is 77.2 Å². The zero-order valence-corrected chi connectivity index (χ0v) is 7.68. The summed E-state index contributed by atoms with van der Waals surface area (Å²) in [6, 6.07) is 0.261. The van der Waals surface area contributed by atoms with Gasteiger partial charge in [-0.15, -0.1) is 0 Å². The average molecular weight is 182 g/mol. The normalized spacial score (nSPS) is 29.7. The third kappa shape index (κ3) is 1.59. The average Bonchev–Trinajstić information content (AvgIpc) is 2.71. The van der Waals surface area contributed by atoms with Gasteiger partial charge in [0.1, 0.15) is 6.26 Å². The molecule has 4 nitrogen and oxygen atoms in total. The first-order valence-electron chi connectivity index (χ1n) is 4.51. The second-order valence-corrected chi connectivity index (χ2v) is 3.58.